The lowest BCUT2D eigenvalue weighted by molar-refractivity contribution is 0.727. The molecule has 0 aliphatic heterocycles. The van der Waals surface area contributed by atoms with Crippen LogP contribution in [0.25, 0.3) is 10.2 Å². The molecule has 0 saturated carbocycles. The molecule has 3 rings (SSSR count). The van der Waals surface area contributed by atoms with E-state index in [2.05, 4.69) is 29.2 Å². The number of nitrogens with zero attached hydrogens (tertiary/aromatic N) is 2. The van der Waals surface area contributed by atoms with E-state index in [1.807, 2.05) is 17.5 Å². The third-order valence-electron chi connectivity index (χ3n) is 3.33. The van der Waals surface area contributed by atoms with Crippen LogP contribution in [0.3, 0.4) is 0 Å². The lowest BCUT2D eigenvalue weighted by atomic mass is 10.1. The quantitative estimate of drug-likeness (QED) is 0.409. The molecule has 21 heavy (non-hydrogen) atoms. The van der Waals surface area contributed by atoms with Crippen molar-refractivity contribution in [2.24, 2.45) is 7.05 Å². The van der Waals surface area contributed by atoms with Crippen molar-refractivity contribution in [3.8, 4) is 0 Å². The molecule has 0 bridgehead atoms. The zero-order valence-electron chi connectivity index (χ0n) is 11.8. The lowest BCUT2D eigenvalue weighted by Gasteiger charge is -2.07. The summed E-state index contributed by atoms with van der Waals surface area (Å²) in [5.74, 6) is 0.963. The average molecular weight is 316 g/mol. The monoisotopic (exact) mass is 316 g/mol. The van der Waals surface area contributed by atoms with E-state index >= 15 is 0 Å². The number of thioether (sulfide) groups is 1. The van der Waals surface area contributed by atoms with Gasteiger partial charge in [-0.2, -0.15) is 0 Å². The summed E-state index contributed by atoms with van der Waals surface area (Å²) in [4.78, 5) is 16.8. The summed E-state index contributed by atoms with van der Waals surface area (Å²) in [5.41, 5.74) is 2.22. The number of fused-ring (bicyclic) bond motifs is 1. The van der Waals surface area contributed by atoms with E-state index in [-0.39, 0.29) is 5.56 Å². The van der Waals surface area contributed by atoms with Crippen LogP contribution in [0.5, 0.6) is 0 Å². The molecule has 0 radical (unpaired) electrons. The molecule has 3 nitrogen and oxygen atoms in total. The van der Waals surface area contributed by atoms with Crippen LogP contribution in [0, 0.1) is 0 Å². The van der Waals surface area contributed by atoms with Crippen LogP contribution in [-0.2, 0) is 13.5 Å². The Bertz CT molecular complexity index is 793. The summed E-state index contributed by atoms with van der Waals surface area (Å²) in [6.07, 6.45) is 2.13. The van der Waals surface area contributed by atoms with Gasteiger partial charge < -0.3 is 0 Å². The highest BCUT2D eigenvalue weighted by atomic mass is 32.2. The summed E-state index contributed by atoms with van der Waals surface area (Å²) in [5, 5.41) is 2.72. The molecule has 108 valence electrons. The number of rotatable bonds is 5. The average Bonchev–Trinajstić information content (AvgIpc) is 2.98. The van der Waals surface area contributed by atoms with Crippen molar-refractivity contribution in [2.45, 2.75) is 18.0 Å². The maximum atomic E-state index is 12.2. The molecule has 0 amide bonds. The molecule has 0 fully saturated rings. The minimum absolute atomic E-state index is 0.0561. The topological polar surface area (TPSA) is 34.9 Å². The smallest absolute Gasteiger partial charge is 0.271 e. The van der Waals surface area contributed by atoms with Crippen LogP contribution < -0.4 is 5.56 Å². The molecule has 0 atom stereocenters. The first kappa shape index (κ1) is 14.4. The van der Waals surface area contributed by atoms with E-state index in [9.17, 15) is 4.79 Å². The van der Waals surface area contributed by atoms with Crippen LogP contribution in [0.1, 0.15) is 12.0 Å². The van der Waals surface area contributed by atoms with E-state index in [0.29, 0.717) is 0 Å². The Labute approximate surface area is 131 Å². The van der Waals surface area contributed by atoms with Gasteiger partial charge in [-0.25, -0.2) is 4.98 Å². The molecule has 0 unspecified atom stereocenters. The molecule has 0 aliphatic rings. The van der Waals surface area contributed by atoms with E-state index in [4.69, 9.17) is 0 Å². The Morgan fingerprint density at radius 2 is 2.05 bits per heavy atom. The molecule has 0 aliphatic carbocycles. The van der Waals surface area contributed by atoms with Crippen molar-refractivity contribution in [3.05, 3.63) is 57.7 Å². The van der Waals surface area contributed by atoms with Gasteiger partial charge in [-0.05, 0) is 29.9 Å². The predicted octanol–water partition coefficient (Wildman–Crippen LogP) is 3.72. The zero-order valence-corrected chi connectivity index (χ0v) is 13.4. The fourth-order valence-electron chi connectivity index (χ4n) is 2.18. The minimum Gasteiger partial charge on any atom is -0.290 e. The van der Waals surface area contributed by atoms with Gasteiger partial charge in [-0.3, -0.25) is 9.36 Å². The molecule has 5 heteroatoms. The standard InChI is InChI=1S/C16H16N2OS2/c1-18-15(19)14-13(9-11-20-14)17-16(18)21-10-5-8-12-6-3-2-4-7-12/h2-4,6-7,9,11H,5,8,10H2,1H3. The SMILES string of the molecule is Cn1c(SCCCc2ccccc2)nc2ccsc2c1=O. The van der Waals surface area contributed by atoms with E-state index in [1.165, 1.54) is 16.9 Å². The van der Waals surface area contributed by atoms with Crippen molar-refractivity contribution in [2.75, 3.05) is 5.75 Å². The van der Waals surface area contributed by atoms with Crippen LogP contribution in [0.2, 0.25) is 0 Å². The van der Waals surface area contributed by atoms with Crippen molar-refractivity contribution in [3.63, 3.8) is 0 Å². The van der Waals surface area contributed by atoms with Gasteiger partial charge in [0.25, 0.3) is 5.56 Å². The third kappa shape index (κ3) is 3.19. The van der Waals surface area contributed by atoms with Crippen molar-refractivity contribution < 1.29 is 0 Å². The van der Waals surface area contributed by atoms with Gasteiger partial charge in [0.1, 0.15) is 4.70 Å². The second-order valence-electron chi connectivity index (χ2n) is 4.83. The molecule has 2 heterocycles. The van der Waals surface area contributed by atoms with Crippen molar-refractivity contribution in [1.82, 2.24) is 9.55 Å². The maximum absolute atomic E-state index is 12.2. The number of hydrogen-bond acceptors (Lipinski definition) is 4. The van der Waals surface area contributed by atoms with Gasteiger partial charge in [0.15, 0.2) is 5.16 Å². The molecule has 2 aromatic heterocycles. The fourth-order valence-corrected chi connectivity index (χ4v) is 3.90. The fraction of sp³-hybridized carbons (Fsp3) is 0.250. The number of hydrogen-bond donors (Lipinski definition) is 0. The highest BCUT2D eigenvalue weighted by Crippen LogP contribution is 2.21. The van der Waals surface area contributed by atoms with Gasteiger partial charge in [-0.1, -0.05) is 42.1 Å². The Morgan fingerprint density at radius 1 is 1.24 bits per heavy atom. The Hall–Kier alpha value is -1.59. The predicted molar refractivity (Wildman–Crippen MR) is 90.3 cm³/mol. The van der Waals surface area contributed by atoms with Gasteiger partial charge in [0.2, 0.25) is 0 Å². The molecule has 1 aromatic carbocycles. The van der Waals surface area contributed by atoms with Crippen LogP contribution in [-0.4, -0.2) is 15.3 Å². The minimum atomic E-state index is 0.0561. The number of thiophene rings is 1. The van der Waals surface area contributed by atoms with Crippen LogP contribution in [0.4, 0.5) is 0 Å². The zero-order chi connectivity index (χ0) is 14.7. The Morgan fingerprint density at radius 3 is 2.86 bits per heavy atom. The molecule has 0 spiro atoms. The van der Waals surface area contributed by atoms with Crippen molar-refractivity contribution in [1.29, 1.82) is 0 Å². The van der Waals surface area contributed by atoms with Gasteiger partial charge >= 0.3 is 0 Å². The summed E-state index contributed by atoms with van der Waals surface area (Å²) >= 11 is 3.11. The number of aromatic nitrogens is 2. The summed E-state index contributed by atoms with van der Waals surface area (Å²) < 4.78 is 2.40. The molecule has 3 aromatic rings. The first-order chi connectivity index (χ1) is 10.3. The van der Waals surface area contributed by atoms with Gasteiger partial charge in [0.05, 0.1) is 5.52 Å². The van der Waals surface area contributed by atoms with E-state index < -0.39 is 0 Å². The maximum Gasteiger partial charge on any atom is 0.271 e. The largest absolute Gasteiger partial charge is 0.290 e. The normalized spacial score (nSPS) is 11.1. The van der Waals surface area contributed by atoms with Crippen LogP contribution >= 0.6 is 23.1 Å². The highest BCUT2D eigenvalue weighted by molar-refractivity contribution is 7.99. The second-order valence-corrected chi connectivity index (χ2v) is 6.81. The van der Waals surface area contributed by atoms with E-state index in [0.717, 1.165) is 34.0 Å². The second kappa shape index (κ2) is 6.45. The summed E-state index contributed by atoms with van der Waals surface area (Å²) in [6.45, 7) is 0. The first-order valence-corrected chi connectivity index (χ1v) is 8.73. The summed E-state index contributed by atoms with van der Waals surface area (Å²) in [6, 6.07) is 12.4. The molecular weight excluding hydrogens is 300 g/mol. The van der Waals surface area contributed by atoms with Crippen LogP contribution in [0.15, 0.2) is 51.7 Å². The Kier molecular flexibility index (Phi) is 4.41. The highest BCUT2D eigenvalue weighted by Gasteiger charge is 2.09. The lowest BCUT2D eigenvalue weighted by Crippen LogP contribution is -2.18. The molecule has 0 N–H and O–H groups in total. The summed E-state index contributed by atoms with van der Waals surface area (Å²) in [7, 11) is 1.80. The third-order valence-corrected chi connectivity index (χ3v) is 5.34. The Balaban J connectivity index is 1.65. The molecule has 0 saturated heterocycles. The molecular formula is C16H16N2OS2. The van der Waals surface area contributed by atoms with Gasteiger partial charge in [-0.15, -0.1) is 11.3 Å². The van der Waals surface area contributed by atoms with Gasteiger partial charge in [0, 0.05) is 12.8 Å². The number of aryl methyl sites for hydroxylation is 1. The van der Waals surface area contributed by atoms with E-state index in [1.54, 1.807) is 23.4 Å². The number of benzene rings is 1. The van der Waals surface area contributed by atoms with Crippen molar-refractivity contribution >= 4 is 33.3 Å². The first-order valence-electron chi connectivity index (χ1n) is 6.86.